The maximum Gasteiger partial charge on any atom is 0.234 e. The van der Waals surface area contributed by atoms with Gasteiger partial charge in [-0.05, 0) is 44.9 Å². The Hall–Kier alpha value is -1.60. The van der Waals surface area contributed by atoms with E-state index in [-0.39, 0.29) is 5.91 Å². The van der Waals surface area contributed by atoms with Gasteiger partial charge in [-0.3, -0.25) is 4.79 Å². The molecule has 7 heteroatoms. The molecular weight excluding hydrogens is 316 g/mol. The highest BCUT2D eigenvalue weighted by molar-refractivity contribution is 8.01. The summed E-state index contributed by atoms with van der Waals surface area (Å²) in [6.45, 7) is 8.09. The van der Waals surface area contributed by atoms with E-state index >= 15 is 0 Å². The fraction of sp³-hybridized carbons (Fsp3) is 0.400. The van der Waals surface area contributed by atoms with Crippen LogP contribution in [0, 0.1) is 13.8 Å². The lowest BCUT2D eigenvalue weighted by Crippen LogP contribution is -2.14. The highest BCUT2D eigenvalue weighted by atomic mass is 32.2. The van der Waals surface area contributed by atoms with Crippen LogP contribution < -0.4 is 10.6 Å². The average Bonchev–Trinajstić information content (AvgIpc) is 2.87. The lowest BCUT2D eigenvalue weighted by atomic mass is 10.1. The number of aryl methyl sites for hydroxylation is 2. The van der Waals surface area contributed by atoms with E-state index in [1.807, 2.05) is 45.9 Å². The highest BCUT2D eigenvalue weighted by Crippen LogP contribution is 2.26. The number of aromatic nitrogens is 2. The molecule has 0 aliphatic rings. The summed E-state index contributed by atoms with van der Waals surface area (Å²) in [5, 5.41) is 15.0. The molecule has 0 saturated carbocycles. The number of hydrogen-bond donors (Lipinski definition) is 2. The maximum atomic E-state index is 12.0. The van der Waals surface area contributed by atoms with Crippen molar-refractivity contribution in [2.75, 3.05) is 16.4 Å². The van der Waals surface area contributed by atoms with Gasteiger partial charge in [0.2, 0.25) is 11.0 Å². The fourth-order valence-corrected chi connectivity index (χ4v) is 3.46. The molecule has 0 aliphatic heterocycles. The van der Waals surface area contributed by atoms with E-state index in [2.05, 4.69) is 20.8 Å². The van der Waals surface area contributed by atoms with Crippen LogP contribution in [0.5, 0.6) is 0 Å². The van der Waals surface area contributed by atoms with Gasteiger partial charge in [-0.2, -0.15) is 0 Å². The van der Waals surface area contributed by atoms with E-state index in [0.717, 1.165) is 26.3 Å². The number of nitrogens with one attached hydrogen (secondary N) is 2. The third kappa shape index (κ3) is 4.99. The van der Waals surface area contributed by atoms with Gasteiger partial charge in [-0.15, -0.1) is 10.2 Å². The van der Waals surface area contributed by atoms with E-state index in [0.29, 0.717) is 11.8 Å². The second kappa shape index (κ2) is 7.60. The third-order valence-electron chi connectivity index (χ3n) is 2.81. The van der Waals surface area contributed by atoms with Crippen molar-refractivity contribution in [1.82, 2.24) is 10.2 Å². The van der Waals surface area contributed by atoms with Crippen molar-refractivity contribution < 1.29 is 4.79 Å². The van der Waals surface area contributed by atoms with Crippen molar-refractivity contribution in [2.45, 2.75) is 38.1 Å². The summed E-state index contributed by atoms with van der Waals surface area (Å²) in [5.74, 6) is 0.288. The van der Waals surface area contributed by atoms with Crippen LogP contribution in [0.3, 0.4) is 0 Å². The Bertz CT molecular complexity index is 655. The fourth-order valence-electron chi connectivity index (χ4n) is 1.76. The summed E-state index contributed by atoms with van der Waals surface area (Å²) in [4.78, 5) is 12.0. The van der Waals surface area contributed by atoms with Crippen LogP contribution in [0.1, 0.15) is 25.0 Å². The minimum Gasteiger partial charge on any atom is -0.358 e. The molecule has 2 N–H and O–H groups in total. The number of thioether (sulfide) groups is 1. The van der Waals surface area contributed by atoms with E-state index in [9.17, 15) is 4.79 Å². The normalized spacial score (nSPS) is 10.8. The Morgan fingerprint density at radius 2 is 2.09 bits per heavy atom. The van der Waals surface area contributed by atoms with Gasteiger partial charge in [0.05, 0.1) is 5.75 Å². The molecule has 0 spiro atoms. The Morgan fingerprint density at radius 3 is 2.82 bits per heavy atom. The summed E-state index contributed by atoms with van der Waals surface area (Å²) in [6, 6.07) is 6.34. The lowest BCUT2D eigenvalue weighted by molar-refractivity contribution is -0.113. The molecule has 118 valence electrons. The number of anilines is 2. The number of rotatable bonds is 6. The first kappa shape index (κ1) is 16.8. The van der Waals surface area contributed by atoms with Gasteiger partial charge in [0, 0.05) is 11.7 Å². The van der Waals surface area contributed by atoms with Crippen LogP contribution >= 0.6 is 23.1 Å². The van der Waals surface area contributed by atoms with Crippen LogP contribution in [0.2, 0.25) is 0 Å². The first-order chi connectivity index (χ1) is 10.4. The van der Waals surface area contributed by atoms with Crippen molar-refractivity contribution in [1.29, 1.82) is 0 Å². The average molecular weight is 336 g/mol. The van der Waals surface area contributed by atoms with E-state index in [1.54, 1.807) is 0 Å². The number of carbonyl (C=O) groups excluding carboxylic acids is 1. The second-order valence-corrected chi connectivity index (χ2v) is 7.53. The minimum absolute atomic E-state index is 0.0349. The molecule has 2 aromatic rings. The number of nitrogens with zero attached hydrogens (tertiary/aromatic N) is 2. The van der Waals surface area contributed by atoms with Crippen molar-refractivity contribution in [3.05, 3.63) is 29.3 Å². The summed E-state index contributed by atoms with van der Waals surface area (Å²) in [7, 11) is 0. The Balaban J connectivity index is 1.87. The van der Waals surface area contributed by atoms with E-state index in [4.69, 9.17) is 0 Å². The number of amides is 1. The molecule has 5 nitrogen and oxygen atoms in total. The summed E-state index contributed by atoms with van der Waals surface area (Å²) in [5.41, 5.74) is 3.05. The van der Waals surface area contributed by atoms with Gasteiger partial charge in [0.25, 0.3) is 0 Å². The van der Waals surface area contributed by atoms with Crippen LogP contribution in [-0.2, 0) is 4.79 Å². The molecule has 0 aliphatic carbocycles. The zero-order valence-electron chi connectivity index (χ0n) is 13.1. The van der Waals surface area contributed by atoms with Crippen molar-refractivity contribution >= 4 is 39.8 Å². The van der Waals surface area contributed by atoms with Crippen molar-refractivity contribution in [3.8, 4) is 0 Å². The monoisotopic (exact) mass is 336 g/mol. The zero-order chi connectivity index (χ0) is 16.1. The molecule has 0 unspecified atom stereocenters. The van der Waals surface area contributed by atoms with Crippen LogP contribution in [0.25, 0.3) is 0 Å². The van der Waals surface area contributed by atoms with E-state index < -0.39 is 0 Å². The molecule has 2 rings (SSSR count). The summed E-state index contributed by atoms with van der Waals surface area (Å²) >= 11 is 2.86. The zero-order valence-corrected chi connectivity index (χ0v) is 14.8. The van der Waals surface area contributed by atoms with Gasteiger partial charge in [0.1, 0.15) is 0 Å². The first-order valence-corrected chi connectivity index (χ1v) is 8.84. The number of carbonyl (C=O) groups is 1. The molecule has 1 heterocycles. The smallest absolute Gasteiger partial charge is 0.234 e. The molecule has 1 amide bonds. The molecule has 1 aromatic heterocycles. The molecule has 0 saturated heterocycles. The van der Waals surface area contributed by atoms with Crippen LogP contribution in [-0.4, -0.2) is 27.9 Å². The van der Waals surface area contributed by atoms with E-state index in [1.165, 1.54) is 23.1 Å². The second-order valence-electron chi connectivity index (χ2n) is 5.33. The SMILES string of the molecule is Cc1ccc(C)c(NC(=O)CSc2nnc(NC(C)C)s2)c1. The lowest BCUT2D eigenvalue weighted by Gasteiger charge is -2.08. The first-order valence-electron chi connectivity index (χ1n) is 7.04. The quantitative estimate of drug-likeness (QED) is 0.787. The van der Waals surface area contributed by atoms with Gasteiger partial charge in [-0.25, -0.2) is 0 Å². The molecule has 0 bridgehead atoms. The van der Waals surface area contributed by atoms with Gasteiger partial charge >= 0.3 is 0 Å². The van der Waals surface area contributed by atoms with Gasteiger partial charge in [-0.1, -0.05) is 35.2 Å². The van der Waals surface area contributed by atoms with Crippen molar-refractivity contribution in [3.63, 3.8) is 0 Å². The largest absolute Gasteiger partial charge is 0.358 e. The number of benzene rings is 1. The maximum absolute atomic E-state index is 12.0. The topological polar surface area (TPSA) is 66.9 Å². The molecular formula is C15H20N4OS2. The third-order valence-corrected chi connectivity index (χ3v) is 4.80. The van der Waals surface area contributed by atoms with Crippen LogP contribution in [0.15, 0.2) is 22.5 Å². The molecule has 0 radical (unpaired) electrons. The Kier molecular flexibility index (Phi) is 5.79. The molecule has 1 aromatic carbocycles. The minimum atomic E-state index is -0.0349. The Labute approximate surface area is 138 Å². The van der Waals surface area contributed by atoms with Crippen LogP contribution in [0.4, 0.5) is 10.8 Å². The number of hydrogen-bond acceptors (Lipinski definition) is 6. The van der Waals surface area contributed by atoms with Crippen molar-refractivity contribution in [2.24, 2.45) is 0 Å². The van der Waals surface area contributed by atoms with Gasteiger partial charge in [0.15, 0.2) is 4.34 Å². The molecule has 22 heavy (non-hydrogen) atoms. The predicted octanol–water partition coefficient (Wildman–Crippen LogP) is 3.71. The standard InChI is InChI=1S/C15H20N4OS2/c1-9(2)16-14-18-19-15(22-14)21-8-13(20)17-12-7-10(3)5-6-11(12)4/h5-7,9H,8H2,1-4H3,(H,16,18)(H,17,20). The molecule has 0 fully saturated rings. The molecule has 0 atom stereocenters. The van der Waals surface area contributed by atoms with Gasteiger partial charge < -0.3 is 10.6 Å². The predicted molar refractivity (Wildman–Crippen MR) is 93.9 cm³/mol. The summed E-state index contributed by atoms with van der Waals surface area (Å²) in [6.07, 6.45) is 0. The summed E-state index contributed by atoms with van der Waals surface area (Å²) < 4.78 is 0.791. The highest BCUT2D eigenvalue weighted by Gasteiger charge is 2.10. The Morgan fingerprint density at radius 1 is 1.32 bits per heavy atom.